The number of aliphatic hydroxyl groups is 2. The number of hydrogen-bond acceptors (Lipinski definition) is 7. The van der Waals surface area contributed by atoms with Gasteiger partial charge in [-0.25, -0.2) is 49.5 Å². The summed E-state index contributed by atoms with van der Waals surface area (Å²) in [5.74, 6) is -12.6. The highest BCUT2D eigenvalue weighted by Crippen LogP contribution is 2.14. The maximum atomic E-state index is 12.7. The lowest BCUT2D eigenvalue weighted by atomic mass is 10.0. The van der Waals surface area contributed by atoms with E-state index in [1.54, 1.807) is 0 Å². The van der Waals surface area contributed by atoms with Crippen molar-refractivity contribution in [3.63, 3.8) is 0 Å². The second-order valence-corrected chi connectivity index (χ2v) is 12.0. The lowest BCUT2D eigenvalue weighted by Gasteiger charge is -2.08. The topological polar surface area (TPSA) is 206 Å². The van der Waals surface area contributed by atoms with Gasteiger partial charge < -0.3 is 36.0 Å². The summed E-state index contributed by atoms with van der Waals surface area (Å²) in [5.41, 5.74) is 4.84. The van der Waals surface area contributed by atoms with Gasteiger partial charge in [0, 0.05) is 19.3 Å². The Kier molecular flexibility index (Phi) is 28.1. The Hall–Kier alpha value is -6.06. The van der Waals surface area contributed by atoms with Crippen molar-refractivity contribution >= 4 is 23.9 Å². The first-order chi connectivity index (χ1) is 28.5. The Morgan fingerprint density at radius 2 is 0.836 bits per heavy atom. The Balaban J connectivity index is -0.000000355. The van der Waals surface area contributed by atoms with Crippen molar-refractivity contribution in [3.8, 4) is 0 Å². The van der Waals surface area contributed by atoms with Gasteiger partial charge in [0.25, 0.3) is 2.90 Å². The second-order valence-electron chi connectivity index (χ2n) is 12.0. The predicted octanol–water partition coefficient (Wildman–Crippen LogP) is 6.00. The molecule has 0 spiro atoms. The molecule has 0 aromatic heterocycles. The third-order valence-corrected chi connectivity index (χ3v) is 7.35. The summed E-state index contributed by atoms with van der Waals surface area (Å²) in [6, 6.07) is 12.0. The number of carbonyl (C=O) groups is 4. The van der Waals surface area contributed by atoms with Gasteiger partial charge in [0.1, 0.15) is 0 Å². The van der Waals surface area contributed by atoms with E-state index in [2.05, 4.69) is 13.4 Å². The molecule has 61 heavy (non-hydrogen) atoms. The number of quaternary nitrogens is 1. The van der Waals surface area contributed by atoms with E-state index in [9.17, 15) is 59.4 Å². The van der Waals surface area contributed by atoms with Crippen LogP contribution < -0.4 is 5.73 Å². The molecule has 8 N–H and O–H groups in total. The number of carbonyl (C=O) groups excluding carboxylic acids is 1. The van der Waals surface area contributed by atoms with Crippen LogP contribution in [0, 0.1) is 52.5 Å². The summed E-state index contributed by atoms with van der Waals surface area (Å²) >= 11 is 0. The normalized spacial score (nSPS) is 11.9. The van der Waals surface area contributed by atoms with Crippen LogP contribution in [0.3, 0.4) is 0 Å². The third-order valence-electron chi connectivity index (χ3n) is 7.35. The van der Waals surface area contributed by atoms with Gasteiger partial charge in [0.2, 0.25) is 0 Å². The van der Waals surface area contributed by atoms with Gasteiger partial charge in [0.05, 0.1) is 13.0 Å². The summed E-state index contributed by atoms with van der Waals surface area (Å²) in [5, 5.41) is 43.7. The van der Waals surface area contributed by atoms with Crippen molar-refractivity contribution in [2.45, 2.75) is 65.7 Å². The van der Waals surface area contributed by atoms with Crippen LogP contribution in [-0.2, 0) is 49.6 Å². The zero-order valence-electron chi connectivity index (χ0n) is 32.8. The number of carboxylic acids is 3. The largest absolute Gasteiger partial charge is 0.481 e. The van der Waals surface area contributed by atoms with Crippen molar-refractivity contribution in [1.29, 1.82) is 2.90 Å². The smallest absolute Gasteiger partial charge is 0.362 e. The average molecular weight is 897 g/mol. The fourth-order valence-corrected chi connectivity index (χ4v) is 4.23. The van der Waals surface area contributed by atoms with Crippen LogP contribution >= 0.6 is 0 Å². The minimum Gasteiger partial charge on any atom is -0.481 e. The number of carboxylic acid groups (broad SMARTS) is 3. The standard InChI is InChI=1S/C10H10F2O3.C10H10F2O2.C9H9F2NO2.C9H8F2O3.2CH4.2FH/c1-15-10(14)9(13)5-6-2-3-7(11)8(12)4-6;1-6(10(13)14)4-7-2-3-8(11)9(12)5-7;2*10-6-2-1-5(3-7(6)11)4-8(12)9(13)14;;;;/h2-4,9,13H,5H2,1H3;2-3,5-6H,4H2,1H3,(H,13,14);1-3,8H,4,12H2,(H,13,14);1-3,8,12H,4H2,(H,13,14);2*1H4;2*1H/p+1/t9-;6-;2*8-;;;;/m1111..../s1/i/hT2. The zero-order valence-corrected chi connectivity index (χ0v) is 30.8. The SMILES string of the molecule is C.C.COC(=O)[C@H](O)Cc1ccc(F)c(F)c1.C[C@H](Cc1ccc(F)c(F)c1)C(=O)O.O=C(O)[C@H](O)Cc1ccc(F)c(F)c1.[3H]F.[3H]F.[NH3+][C@H](Cc1ccc(F)c(F)c1)C(=O)O. The van der Waals surface area contributed by atoms with Crippen molar-refractivity contribution in [1.82, 2.24) is 0 Å². The number of ether oxygens (including phenoxy) is 1. The lowest BCUT2D eigenvalue weighted by molar-refractivity contribution is -0.407. The number of esters is 1. The van der Waals surface area contributed by atoms with Crippen LogP contribution in [-0.4, -0.2) is 77.7 Å². The molecule has 342 valence electrons. The van der Waals surface area contributed by atoms with Gasteiger partial charge in [-0.3, -0.25) is 14.2 Å². The maximum absolute atomic E-state index is 12.7. The van der Waals surface area contributed by atoms with E-state index >= 15 is 0 Å². The van der Waals surface area contributed by atoms with E-state index in [-0.39, 0.29) is 46.1 Å². The third kappa shape index (κ3) is 22.8. The van der Waals surface area contributed by atoms with Crippen LogP contribution in [0.25, 0.3) is 0 Å². The molecule has 21 heteroatoms. The monoisotopic (exact) mass is 896 g/mol. The molecule has 0 fully saturated rings. The number of hydrogen-bond donors (Lipinski definition) is 6. The number of benzene rings is 4. The second kappa shape index (κ2) is 30.0. The van der Waals surface area contributed by atoms with Gasteiger partial charge in [0.15, 0.2) is 64.8 Å². The van der Waals surface area contributed by atoms with Gasteiger partial charge in [-0.15, -0.1) is 0 Å². The lowest BCUT2D eigenvalue weighted by Crippen LogP contribution is -2.65. The molecule has 4 aromatic rings. The molecule has 0 heterocycles. The summed E-state index contributed by atoms with van der Waals surface area (Å²) < 4.78 is 131. The van der Waals surface area contributed by atoms with E-state index < -0.39 is 94.6 Å². The van der Waals surface area contributed by atoms with Gasteiger partial charge in [-0.1, -0.05) is 46.0 Å². The van der Waals surface area contributed by atoms with Crippen molar-refractivity contribution in [2.24, 2.45) is 5.92 Å². The molecule has 0 aliphatic rings. The van der Waals surface area contributed by atoms with Crippen LogP contribution in [0.5, 0.6) is 0 Å². The molecule has 0 aliphatic heterocycles. The molecule has 0 aliphatic carbocycles. The molecule has 0 bridgehead atoms. The molecule has 0 unspecified atom stereocenters. The van der Waals surface area contributed by atoms with E-state index in [4.69, 9.17) is 29.9 Å². The molecule has 4 aromatic carbocycles. The molecule has 0 radical (unpaired) electrons. The van der Waals surface area contributed by atoms with Crippen LogP contribution in [0.4, 0.5) is 44.6 Å². The minimum atomic E-state index is -1.60. The fraction of sp³-hybridized carbons (Fsp3) is 0.300. The quantitative estimate of drug-likeness (QED) is 0.0723. The highest BCUT2D eigenvalue weighted by Gasteiger charge is 2.18. The molecule has 4 rings (SSSR count). The molecule has 0 amide bonds. The van der Waals surface area contributed by atoms with Gasteiger partial charge >= 0.3 is 23.9 Å². The Morgan fingerprint density at radius 3 is 1.10 bits per heavy atom. The fourth-order valence-electron chi connectivity index (χ4n) is 4.23. The first-order valence-electron chi connectivity index (χ1n) is 17.0. The highest BCUT2D eigenvalue weighted by atomic mass is 19.2. The summed E-state index contributed by atoms with van der Waals surface area (Å²) in [6.45, 7) is 1.52. The van der Waals surface area contributed by atoms with Crippen LogP contribution in [0.1, 0.15) is 44.0 Å². The number of aliphatic carboxylic acids is 3. The number of aliphatic hydroxyl groups excluding tert-OH is 2. The highest BCUT2D eigenvalue weighted by molar-refractivity contribution is 5.74. The Bertz CT molecular complexity index is 1840. The molecule has 0 saturated heterocycles. The molecule has 11 nitrogen and oxygen atoms in total. The van der Waals surface area contributed by atoms with E-state index in [1.807, 2.05) is 0 Å². The number of rotatable bonds is 12. The average Bonchev–Trinajstić information content (AvgIpc) is 3.22. The Morgan fingerprint density at radius 1 is 0.541 bits per heavy atom. The Labute approximate surface area is 346 Å². The van der Waals surface area contributed by atoms with Crippen molar-refractivity contribution < 1.29 is 99.7 Å². The van der Waals surface area contributed by atoms with Crippen LogP contribution in [0.15, 0.2) is 72.8 Å². The minimum absolute atomic E-state index is 0. The number of methoxy groups -OCH3 is 1. The van der Waals surface area contributed by atoms with Crippen LogP contribution in [0.2, 0.25) is 0 Å². The van der Waals surface area contributed by atoms with E-state index in [0.717, 1.165) is 55.6 Å². The molecular weight excluding hydrogens is 844 g/mol. The first-order valence-corrected chi connectivity index (χ1v) is 16.3. The summed E-state index contributed by atoms with van der Waals surface area (Å²) in [7, 11) is 1.14. The van der Waals surface area contributed by atoms with Crippen molar-refractivity contribution in [3.05, 3.63) is 142 Å². The maximum Gasteiger partial charge on any atom is 0.362 e. The summed E-state index contributed by atoms with van der Waals surface area (Å²) in [6.07, 6.45) is -3.02. The number of halogens is 10. The van der Waals surface area contributed by atoms with E-state index in [1.165, 1.54) is 31.2 Å². The molecule has 4 atom stereocenters. The van der Waals surface area contributed by atoms with Gasteiger partial charge in [-0.05, 0) is 77.2 Å². The molecular formula is C40H48F10NO10+. The van der Waals surface area contributed by atoms with Gasteiger partial charge in [-0.2, -0.15) is 0 Å². The first kappa shape index (κ1) is 57.0. The van der Waals surface area contributed by atoms with Crippen molar-refractivity contribution in [2.75, 3.05) is 7.11 Å². The molecule has 0 saturated carbocycles. The predicted molar refractivity (Wildman–Crippen MR) is 201 cm³/mol. The summed E-state index contributed by atoms with van der Waals surface area (Å²) in [4.78, 5) is 42.0. The van der Waals surface area contributed by atoms with E-state index in [0.29, 0.717) is 16.7 Å². The zero-order chi connectivity index (χ0) is 47.6.